The summed E-state index contributed by atoms with van der Waals surface area (Å²) in [6.45, 7) is 2.16. The van der Waals surface area contributed by atoms with Crippen LogP contribution < -0.4 is 15.4 Å². The first-order chi connectivity index (χ1) is 16.8. The normalized spacial score (nSPS) is 17.9. The summed E-state index contributed by atoms with van der Waals surface area (Å²) in [5, 5.41) is 16.8. The summed E-state index contributed by atoms with van der Waals surface area (Å²) in [5.41, 5.74) is -0.112. The summed E-state index contributed by atoms with van der Waals surface area (Å²) < 4.78 is 34.3. The molecule has 12 heteroatoms. The molecule has 2 heterocycles. The number of nitrogens with one attached hydrogen (secondary N) is 2. The Morgan fingerprint density at radius 2 is 1.94 bits per heavy atom. The first kappa shape index (κ1) is 27.7. The molecule has 3 N–H and O–H groups in total. The summed E-state index contributed by atoms with van der Waals surface area (Å²) >= 11 is 0. The van der Waals surface area contributed by atoms with E-state index >= 15 is 0 Å². The molecule has 0 unspecified atom stereocenters. The fourth-order valence-corrected chi connectivity index (χ4v) is 3.93. The molecule has 10 nitrogen and oxygen atoms in total. The molecule has 1 aliphatic heterocycles. The molecule has 2 amide bonds. The zero-order valence-electron chi connectivity index (χ0n) is 19.7. The molecule has 0 saturated carbocycles. The second kappa shape index (κ2) is 14.0. The summed E-state index contributed by atoms with van der Waals surface area (Å²) in [7, 11) is 3.05. The van der Waals surface area contributed by atoms with Crippen molar-refractivity contribution in [3.63, 3.8) is 0 Å². The van der Waals surface area contributed by atoms with Crippen molar-refractivity contribution in [2.45, 2.75) is 31.8 Å². The van der Waals surface area contributed by atoms with E-state index in [1.807, 2.05) is 28.9 Å². The van der Waals surface area contributed by atoms with Crippen LogP contribution in [0.3, 0.4) is 0 Å². The van der Waals surface area contributed by atoms with Gasteiger partial charge in [0.25, 0.3) is 12.4 Å². The maximum atomic E-state index is 13.9. The zero-order valence-corrected chi connectivity index (χ0v) is 19.7. The highest BCUT2D eigenvalue weighted by atomic mass is 19.1. The summed E-state index contributed by atoms with van der Waals surface area (Å²) in [6.07, 6.45) is 5.57. The third-order valence-corrected chi connectivity index (χ3v) is 5.52. The number of nitrogens with zero attached hydrogens (tertiary/aromatic N) is 3. The van der Waals surface area contributed by atoms with E-state index in [-0.39, 0.29) is 29.9 Å². The number of carbonyl (C=O) groups is 3. The SMILES string of the molecule is COc1c(F)cc(C(=O)N[C@H]2CC[C@@H](C(=O)NCCCn3cccn3)CN(C)C2)cc1F.O=CO. The number of aryl methyl sites for hydroxylation is 1. The van der Waals surface area contributed by atoms with Gasteiger partial charge in [0.15, 0.2) is 17.4 Å². The number of amides is 2. The van der Waals surface area contributed by atoms with Crippen molar-refractivity contribution >= 4 is 18.3 Å². The average molecular weight is 496 g/mol. The molecule has 0 spiro atoms. The van der Waals surface area contributed by atoms with Crippen LogP contribution in [0.25, 0.3) is 0 Å². The molecule has 35 heavy (non-hydrogen) atoms. The number of carbonyl (C=O) groups excluding carboxylic acids is 2. The largest absolute Gasteiger partial charge is 0.491 e. The highest BCUT2D eigenvalue weighted by molar-refractivity contribution is 5.94. The van der Waals surface area contributed by atoms with Crippen LogP contribution in [-0.2, 0) is 16.1 Å². The number of halogens is 2. The molecule has 0 bridgehead atoms. The number of likely N-dealkylation sites (tertiary alicyclic amines) is 1. The third kappa shape index (κ3) is 8.63. The molecule has 2 atom stereocenters. The van der Waals surface area contributed by atoms with Gasteiger partial charge in [-0.05, 0) is 44.5 Å². The van der Waals surface area contributed by atoms with Gasteiger partial charge in [-0.3, -0.25) is 19.1 Å². The molecule has 192 valence electrons. The minimum atomic E-state index is -0.931. The van der Waals surface area contributed by atoms with E-state index in [2.05, 4.69) is 20.5 Å². The molecule has 1 aromatic heterocycles. The van der Waals surface area contributed by atoms with Gasteiger partial charge < -0.3 is 25.4 Å². The van der Waals surface area contributed by atoms with Crippen LogP contribution in [0.1, 0.15) is 29.6 Å². The predicted octanol–water partition coefficient (Wildman–Crippen LogP) is 1.52. The predicted molar refractivity (Wildman–Crippen MR) is 123 cm³/mol. The van der Waals surface area contributed by atoms with Crippen LogP contribution in [0.5, 0.6) is 5.75 Å². The highest BCUT2D eigenvalue weighted by Gasteiger charge is 2.28. The van der Waals surface area contributed by atoms with Crippen molar-refractivity contribution in [1.29, 1.82) is 0 Å². The molecule has 1 aromatic carbocycles. The minimum Gasteiger partial charge on any atom is -0.491 e. The number of benzene rings is 1. The van der Waals surface area contributed by atoms with Gasteiger partial charge in [-0.25, -0.2) is 8.78 Å². The van der Waals surface area contributed by atoms with Crippen LogP contribution in [0, 0.1) is 17.6 Å². The quantitative estimate of drug-likeness (QED) is 0.375. The number of methoxy groups -OCH3 is 1. The van der Waals surface area contributed by atoms with Crippen LogP contribution in [-0.4, -0.2) is 77.9 Å². The highest BCUT2D eigenvalue weighted by Crippen LogP contribution is 2.23. The topological polar surface area (TPSA) is 126 Å². The molecule has 0 radical (unpaired) electrons. The van der Waals surface area contributed by atoms with Crippen molar-refractivity contribution in [3.05, 3.63) is 47.8 Å². The summed E-state index contributed by atoms with van der Waals surface area (Å²) in [6, 6.07) is 3.53. The summed E-state index contributed by atoms with van der Waals surface area (Å²) in [5.74, 6) is -3.15. The van der Waals surface area contributed by atoms with E-state index in [0.717, 1.165) is 32.2 Å². The Morgan fingerprint density at radius 1 is 1.26 bits per heavy atom. The number of hydrogen-bond donors (Lipinski definition) is 3. The molecular weight excluding hydrogens is 464 g/mol. The van der Waals surface area contributed by atoms with E-state index in [0.29, 0.717) is 32.5 Å². The lowest BCUT2D eigenvalue weighted by Gasteiger charge is -2.22. The number of aromatic nitrogens is 2. The van der Waals surface area contributed by atoms with Gasteiger partial charge in [-0.2, -0.15) is 5.10 Å². The average Bonchev–Trinajstić information content (AvgIpc) is 3.25. The molecule has 1 saturated heterocycles. The molecule has 1 fully saturated rings. The minimum absolute atomic E-state index is 0.0106. The van der Waals surface area contributed by atoms with E-state index in [4.69, 9.17) is 9.90 Å². The van der Waals surface area contributed by atoms with Crippen LogP contribution in [0.4, 0.5) is 8.78 Å². The van der Waals surface area contributed by atoms with Gasteiger partial charge in [-0.1, -0.05) is 0 Å². The number of carboxylic acid groups (broad SMARTS) is 1. The van der Waals surface area contributed by atoms with Gasteiger partial charge in [0.2, 0.25) is 5.91 Å². The monoisotopic (exact) mass is 495 g/mol. The van der Waals surface area contributed by atoms with Crippen molar-refractivity contribution in [2.75, 3.05) is 33.8 Å². The van der Waals surface area contributed by atoms with Crippen molar-refractivity contribution < 1.29 is 33.0 Å². The van der Waals surface area contributed by atoms with Crippen LogP contribution >= 0.6 is 0 Å². The zero-order chi connectivity index (χ0) is 25.8. The molecular formula is C23H31F2N5O5. The standard InChI is InChI=1S/C22H29F2N5O3.CH2O2/c1-28-13-15(21(30)25-7-3-9-29-10-4-8-26-29)5-6-17(14-28)27-22(31)16-11-18(23)20(32-2)19(24)12-16;2-1-3/h4,8,10-12,15,17H,3,5-7,9,13-14H2,1-2H3,(H,25,30)(H,27,31);1H,(H,2,3)/t15-,17+;/m1./s1. The Morgan fingerprint density at radius 3 is 2.54 bits per heavy atom. The Kier molecular flexibility index (Phi) is 11.1. The third-order valence-electron chi connectivity index (χ3n) is 5.52. The molecule has 3 rings (SSSR count). The van der Waals surface area contributed by atoms with Crippen LogP contribution in [0.15, 0.2) is 30.6 Å². The molecule has 2 aromatic rings. The second-order valence-electron chi connectivity index (χ2n) is 8.16. The van der Waals surface area contributed by atoms with Gasteiger partial charge in [-0.15, -0.1) is 0 Å². The molecule has 1 aliphatic rings. The Bertz CT molecular complexity index is 950. The van der Waals surface area contributed by atoms with E-state index in [1.165, 1.54) is 0 Å². The van der Waals surface area contributed by atoms with Gasteiger partial charge in [0.1, 0.15) is 0 Å². The summed E-state index contributed by atoms with van der Waals surface area (Å²) in [4.78, 5) is 35.5. The fraction of sp³-hybridized carbons (Fsp3) is 0.478. The lowest BCUT2D eigenvalue weighted by Crippen LogP contribution is -2.42. The Labute approximate surface area is 202 Å². The Hall–Kier alpha value is -3.54. The smallest absolute Gasteiger partial charge is 0.290 e. The first-order valence-corrected chi connectivity index (χ1v) is 11.1. The number of hydrogen-bond acceptors (Lipinski definition) is 6. The van der Waals surface area contributed by atoms with Gasteiger partial charge in [0.05, 0.1) is 13.0 Å². The van der Waals surface area contributed by atoms with E-state index in [1.54, 1.807) is 6.20 Å². The lowest BCUT2D eigenvalue weighted by atomic mass is 10.0. The van der Waals surface area contributed by atoms with Crippen molar-refractivity contribution in [1.82, 2.24) is 25.3 Å². The second-order valence-corrected chi connectivity index (χ2v) is 8.16. The fourth-order valence-electron chi connectivity index (χ4n) is 3.93. The van der Waals surface area contributed by atoms with Gasteiger partial charge >= 0.3 is 0 Å². The first-order valence-electron chi connectivity index (χ1n) is 11.1. The van der Waals surface area contributed by atoms with Crippen molar-refractivity contribution in [2.24, 2.45) is 5.92 Å². The van der Waals surface area contributed by atoms with E-state index in [9.17, 15) is 18.4 Å². The molecule has 0 aliphatic carbocycles. The Balaban J connectivity index is 0.00000137. The van der Waals surface area contributed by atoms with Gasteiger partial charge in [0, 0.05) is 50.2 Å². The van der Waals surface area contributed by atoms with Crippen LogP contribution in [0.2, 0.25) is 0 Å². The number of ether oxygens (including phenoxy) is 1. The maximum absolute atomic E-state index is 13.9. The number of rotatable bonds is 8. The lowest BCUT2D eigenvalue weighted by molar-refractivity contribution is -0.125. The van der Waals surface area contributed by atoms with E-state index < -0.39 is 23.3 Å². The van der Waals surface area contributed by atoms with Crippen molar-refractivity contribution in [3.8, 4) is 5.75 Å². The number of likely N-dealkylation sites (N-methyl/N-ethyl adjacent to an activating group) is 1. The maximum Gasteiger partial charge on any atom is 0.290 e.